The molecule has 0 saturated heterocycles. The fourth-order valence-electron chi connectivity index (χ4n) is 3.28. The molecule has 1 aliphatic rings. The van der Waals surface area contributed by atoms with Crippen LogP contribution in [0.4, 0.5) is 4.39 Å². The molecule has 1 unspecified atom stereocenters. The average Bonchev–Trinajstić information content (AvgIpc) is 2.73. The minimum absolute atomic E-state index is 0.195. The SMILES string of the molecule is O=C(O)C1=CC=CN(CCCc2cccnc2)C1SCCCc1ccc(F)cc1. The largest absolute Gasteiger partial charge is 0.478 e. The van der Waals surface area contributed by atoms with Gasteiger partial charge in [-0.25, -0.2) is 9.18 Å². The van der Waals surface area contributed by atoms with Gasteiger partial charge < -0.3 is 10.0 Å². The van der Waals surface area contributed by atoms with Crippen molar-refractivity contribution >= 4 is 17.7 Å². The summed E-state index contributed by atoms with van der Waals surface area (Å²) in [6.45, 7) is 0.783. The van der Waals surface area contributed by atoms with E-state index in [4.69, 9.17) is 0 Å². The van der Waals surface area contributed by atoms with E-state index in [0.29, 0.717) is 5.57 Å². The molecule has 29 heavy (non-hydrogen) atoms. The third-order valence-corrected chi connectivity index (χ3v) is 6.14. The average molecular weight is 413 g/mol. The number of allylic oxidation sites excluding steroid dienone is 2. The molecule has 0 amide bonds. The van der Waals surface area contributed by atoms with Crippen molar-refractivity contribution in [2.45, 2.75) is 31.1 Å². The zero-order valence-electron chi connectivity index (χ0n) is 16.2. The Morgan fingerprint density at radius 3 is 2.66 bits per heavy atom. The predicted molar refractivity (Wildman–Crippen MR) is 115 cm³/mol. The van der Waals surface area contributed by atoms with Gasteiger partial charge in [0, 0.05) is 25.1 Å². The van der Waals surface area contributed by atoms with Crippen LogP contribution in [0.1, 0.15) is 24.0 Å². The molecule has 0 radical (unpaired) electrons. The third-order valence-electron chi connectivity index (χ3n) is 4.77. The first-order valence-electron chi connectivity index (χ1n) is 9.76. The highest BCUT2D eigenvalue weighted by Crippen LogP contribution is 2.28. The van der Waals surface area contributed by atoms with Gasteiger partial charge in [-0.15, -0.1) is 11.8 Å². The summed E-state index contributed by atoms with van der Waals surface area (Å²) in [6.07, 6.45) is 12.7. The summed E-state index contributed by atoms with van der Waals surface area (Å²) in [7, 11) is 0. The van der Waals surface area contributed by atoms with Crippen LogP contribution in [0.15, 0.2) is 72.7 Å². The van der Waals surface area contributed by atoms with E-state index in [1.807, 2.05) is 24.5 Å². The Hall–Kier alpha value is -2.60. The lowest BCUT2D eigenvalue weighted by Gasteiger charge is -2.33. The summed E-state index contributed by atoms with van der Waals surface area (Å²) in [5.74, 6) is -0.266. The van der Waals surface area contributed by atoms with E-state index in [-0.39, 0.29) is 11.2 Å². The van der Waals surface area contributed by atoms with Crippen molar-refractivity contribution in [1.82, 2.24) is 9.88 Å². The number of pyridine rings is 1. The van der Waals surface area contributed by atoms with Crippen LogP contribution >= 0.6 is 11.8 Å². The molecule has 0 spiro atoms. The molecule has 1 atom stereocenters. The predicted octanol–water partition coefficient (Wildman–Crippen LogP) is 4.69. The van der Waals surface area contributed by atoms with Crippen molar-refractivity contribution in [2.75, 3.05) is 12.3 Å². The van der Waals surface area contributed by atoms with Gasteiger partial charge in [-0.05, 0) is 72.9 Å². The second-order valence-corrected chi connectivity index (χ2v) is 8.11. The van der Waals surface area contributed by atoms with Crippen LogP contribution < -0.4 is 0 Å². The first-order valence-corrected chi connectivity index (χ1v) is 10.8. The van der Waals surface area contributed by atoms with E-state index in [1.54, 1.807) is 36.2 Å². The number of aliphatic carboxylic acids is 1. The summed E-state index contributed by atoms with van der Waals surface area (Å²) >= 11 is 1.65. The van der Waals surface area contributed by atoms with E-state index in [9.17, 15) is 14.3 Å². The first-order chi connectivity index (χ1) is 14.1. The van der Waals surface area contributed by atoms with Gasteiger partial charge in [0.1, 0.15) is 11.2 Å². The van der Waals surface area contributed by atoms with E-state index >= 15 is 0 Å². The fraction of sp³-hybridized carbons (Fsp3) is 0.304. The van der Waals surface area contributed by atoms with Crippen molar-refractivity contribution in [2.24, 2.45) is 0 Å². The van der Waals surface area contributed by atoms with Crippen LogP contribution in [-0.4, -0.2) is 38.6 Å². The van der Waals surface area contributed by atoms with E-state index < -0.39 is 5.97 Å². The number of rotatable bonds is 10. The minimum Gasteiger partial charge on any atom is -0.478 e. The Balaban J connectivity index is 1.52. The fourth-order valence-corrected chi connectivity index (χ4v) is 4.55. The van der Waals surface area contributed by atoms with Gasteiger partial charge in [0.2, 0.25) is 0 Å². The molecular formula is C23H25FN2O2S. The van der Waals surface area contributed by atoms with Gasteiger partial charge in [-0.1, -0.05) is 18.2 Å². The van der Waals surface area contributed by atoms with Gasteiger partial charge in [0.05, 0.1) is 5.57 Å². The molecule has 0 saturated carbocycles. The molecule has 0 aliphatic carbocycles. The van der Waals surface area contributed by atoms with Crippen LogP contribution in [0.2, 0.25) is 0 Å². The summed E-state index contributed by atoms with van der Waals surface area (Å²) in [5.41, 5.74) is 2.70. The van der Waals surface area contributed by atoms with Gasteiger partial charge in [-0.3, -0.25) is 4.98 Å². The standard InChI is InChI=1S/C23H25FN2O2S/c24-20-11-9-18(10-12-20)7-4-16-29-22-21(23(27)28)8-3-15-26(22)14-2-6-19-5-1-13-25-17-19/h1,3,5,8-13,15,17,22H,2,4,6-7,14,16H2,(H,27,28). The molecule has 3 rings (SSSR count). The van der Waals surface area contributed by atoms with Crippen LogP contribution in [-0.2, 0) is 17.6 Å². The van der Waals surface area contributed by atoms with Crippen molar-refractivity contribution in [3.63, 3.8) is 0 Å². The Labute approximate surface area is 175 Å². The summed E-state index contributed by atoms with van der Waals surface area (Å²) in [4.78, 5) is 18.0. The van der Waals surface area contributed by atoms with Crippen molar-refractivity contribution in [3.05, 3.63) is 89.7 Å². The summed E-state index contributed by atoms with van der Waals surface area (Å²) in [6, 6.07) is 10.5. The molecule has 0 fully saturated rings. The molecule has 152 valence electrons. The summed E-state index contributed by atoms with van der Waals surface area (Å²) in [5, 5.41) is 9.41. The molecule has 2 aromatic rings. The first kappa shape index (κ1) is 21.1. The maximum atomic E-state index is 13.0. The lowest BCUT2D eigenvalue weighted by Crippen LogP contribution is -2.35. The maximum absolute atomic E-state index is 13.0. The minimum atomic E-state index is -0.873. The second kappa shape index (κ2) is 10.8. The zero-order chi connectivity index (χ0) is 20.5. The molecule has 6 heteroatoms. The molecular weight excluding hydrogens is 387 g/mol. The number of carbonyl (C=O) groups is 1. The Kier molecular flexibility index (Phi) is 7.87. The van der Waals surface area contributed by atoms with Crippen LogP contribution in [0.5, 0.6) is 0 Å². The number of aromatic nitrogens is 1. The van der Waals surface area contributed by atoms with E-state index in [2.05, 4.69) is 16.0 Å². The van der Waals surface area contributed by atoms with Gasteiger partial charge in [-0.2, -0.15) is 0 Å². The lowest BCUT2D eigenvalue weighted by molar-refractivity contribution is -0.133. The molecule has 1 aliphatic heterocycles. The van der Waals surface area contributed by atoms with Gasteiger partial charge in [0.25, 0.3) is 0 Å². The molecule has 0 bridgehead atoms. The number of hydrogen-bond acceptors (Lipinski definition) is 4. The Morgan fingerprint density at radius 2 is 1.93 bits per heavy atom. The lowest BCUT2D eigenvalue weighted by atomic mass is 10.1. The second-order valence-electron chi connectivity index (χ2n) is 6.92. The normalized spacial score (nSPS) is 16.0. The van der Waals surface area contributed by atoms with E-state index in [0.717, 1.165) is 43.5 Å². The highest BCUT2D eigenvalue weighted by Gasteiger charge is 2.27. The number of carboxylic acid groups (broad SMARTS) is 1. The molecule has 1 aromatic heterocycles. The van der Waals surface area contributed by atoms with E-state index in [1.165, 1.54) is 17.7 Å². The zero-order valence-corrected chi connectivity index (χ0v) is 17.0. The Bertz CT molecular complexity index is 853. The number of halogens is 1. The molecule has 4 nitrogen and oxygen atoms in total. The topological polar surface area (TPSA) is 53.4 Å². The van der Waals surface area contributed by atoms with Gasteiger partial charge in [0.15, 0.2) is 0 Å². The Morgan fingerprint density at radius 1 is 1.14 bits per heavy atom. The molecule has 2 heterocycles. The number of nitrogens with zero attached hydrogens (tertiary/aromatic N) is 2. The number of benzene rings is 1. The maximum Gasteiger partial charge on any atom is 0.334 e. The monoisotopic (exact) mass is 412 g/mol. The third kappa shape index (κ3) is 6.46. The smallest absolute Gasteiger partial charge is 0.334 e. The van der Waals surface area contributed by atoms with Crippen molar-refractivity contribution in [3.8, 4) is 0 Å². The van der Waals surface area contributed by atoms with Crippen molar-refractivity contribution < 1.29 is 14.3 Å². The molecule has 1 aromatic carbocycles. The number of carboxylic acids is 1. The van der Waals surface area contributed by atoms with Gasteiger partial charge >= 0.3 is 5.97 Å². The number of hydrogen-bond donors (Lipinski definition) is 1. The van der Waals surface area contributed by atoms with Crippen molar-refractivity contribution in [1.29, 1.82) is 0 Å². The highest BCUT2D eigenvalue weighted by atomic mass is 32.2. The van der Waals surface area contributed by atoms with Crippen LogP contribution in [0, 0.1) is 5.82 Å². The quantitative estimate of drug-likeness (QED) is 0.574. The molecule has 1 N–H and O–H groups in total. The number of thioether (sulfide) groups is 1. The summed E-state index contributed by atoms with van der Waals surface area (Å²) < 4.78 is 13.0. The number of aryl methyl sites for hydroxylation is 2. The van der Waals surface area contributed by atoms with Crippen LogP contribution in [0.25, 0.3) is 0 Å². The van der Waals surface area contributed by atoms with Crippen LogP contribution in [0.3, 0.4) is 0 Å². The highest BCUT2D eigenvalue weighted by molar-refractivity contribution is 8.00.